The van der Waals surface area contributed by atoms with Crippen LogP contribution in [-0.2, 0) is 81.4 Å². The number of nitrogens with two attached hydrogens (primary N) is 1. The average Bonchev–Trinajstić information content (AvgIpc) is 1.72. The van der Waals surface area contributed by atoms with Crippen molar-refractivity contribution in [1.82, 2.24) is 26.2 Å². The van der Waals surface area contributed by atoms with Gasteiger partial charge in [-0.15, -0.1) is 12.8 Å². The van der Waals surface area contributed by atoms with Crippen molar-refractivity contribution in [2.75, 3.05) is 47.0 Å². The van der Waals surface area contributed by atoms with Gasteiger partial charge in [0.25, 0.3) is 5.91 Å². The monoisotopic (exact) mass is 1780 g/mol. The predicted octanol–water partition coefficient (Wildman–Crippen LogP) is 17.6. The van der Waals surface area contributed by atoms with Gasteiger partial charge in [-0.05, 0) is 172 Å². The van der Waals surface area contributed by atoms with Gasteiger partial charge in [-0.25, -0.2) is 4.79 Å². The zero-order valence-corrected chi connectivity index (χ0v) is 88.1. The molecular formula is C102H182N6O18. The van der Waals surface area contributed by atoms with Gasteiger partial charge < -0.3 is 46.5 Å². The van der Waals surface area contributed by atoms with E-state index in [4.69, 9.17) is 28.4 Å². The number of epoxide rings is 1. The molecule has 2 rings (SSSR count). The number of likely N-dealkylation sites (N-methyl/N-ethyl adjacent to an activating group) is 1. The van der Waals surface area contributed by atoms with Gasteiger partial charge >= 0.3 is 5.97 Å². The summed E-state index contributed by atoms with van der Waals surface area (Å²) in [6, 6.07) is 0. The molecule has 1 heterocycles. The van der Waals surface area contributed by atoms with E-state index in [9.17, 15) is 71.9 Å². The number of hydrogen-bond donors (Lipinski definition) is 6. The molecule has 0 spiro atoms. The van der Waals surface area contributed by atoms with Gasteiger partial charge in [0.15, 0.2) is 34.7 Å². The fourth-order valence-electron chi connectivity index (χ4n) is 6.55. The van der Waals surface area contributed by atoms with E-state index in [1.165, 1.54) is 25.2 Å². The summed E-state index contributed by atoms with van der Waals surface area (Å²) in [5.74, 6) is 9.36. The third-order valence-corrected chi connectivity index (χ3v) is 14.4. The quantitative estimate of drug-likeness (QED) is 0.0275. The minimum absolute atomic E-state index is 0.0206. The van der Waals surface area contributed by atoms with Crippen LogP contribution in [0, 0.1) is 91.2 Å². The molecule has 728 valence electrons. The second kappa shape index (κ2) is 66.9. The fraction of sp³-hybridized carbons (Fsp3) is 0.716. The van der Waals surface area contributed by atoms with Gasteiger partial charge in [0, 0.05) is 122 Å². The van der Waals surface area contributed by atoms with Crippen molar-refractivity contribution in [1.29, 1.82) is 0 Å². The Labute approximate surface area is 767 Å². The van der Waals surface area contributed by atoms with Crippen molar-refractivity contribution < 1.29 is 86.5 Å². The van der Waals surface area contributed by atoms with E-state index < -0.39 is 16.8 Å². The lowest BCUT2D eigenvalue weighted by Crippen LogP contribution is -2.41. The van der Waals surface area contributed by atoms with Crippen LogP contribution in [0.15, 0.2) is 48.6 Å². The van der Waals surface area contributed by atoms with E-state index in [2.05, 4.69) is 43.8 Å². The summed E-state index contributed by atoms with van der Waals surface area (Å²) in [4.78, 5) is 165. The van der Waals surface area contributed by atoms with Crippen molar-refractivity contribution in [3.63, 3.8) is 0 Å². The van der Waals surface area contributed by atoms with Crippen LogP contribution < -0.4 is 27.0 Å². The van der Waals surface area contributed by atoms with Crippen molar-refractivity contribution in [3.8, 4) is 36.5 Å². The first-order valence-corrected chi connectivity index (χ1v) is 43.3. The molecule has 0 aromatic heterocycles. The maximum atomic E-state index is 11.3. The molecule has 1 saturated heterocycles. The van der Waals surface area contributed by atoms with Crippen molar-refractivity contribution in [3.05, 3.63) is 48.6 Å². The Kier molecular flexibility index (Phi) is 74.6. The molecular weight excluding hydrogens is 1600 g/mol. The molecule has 0 radical (unpaired) electrons. The predicted molar refractivity (Wildman–Crippen MR) is 519 cm³/mol. The van der Waals surface area contributed by atoms with E-state index >= 15 is 0 Å². The minimum atomic E-state index is -0.472. The van der Waals surface area contributed by atoms with Gasteiger partial charge in [0.2, 0.25) is 29.3 Å². The second-order valence-electron chi connectivity index (χ2n) is 43.2. The average molecular weight is 1780 g/mol. The highest BCUT2D eigenvalue weighted by molar-refractivity contribution is 6.01. The first-order valence-electron chi connectivity index (χ1n) is 43.3. The van der Waals surface area contributed by atoms with Crippen LogP contribution in [0.4, 0.5) is 0 Å². The largest absolute Gasteiger partial charge is 0.463 e. The topological polar surface area (TPSA) is 375 Å². The van der Waals surface area contributed by atoms with Gasteiger partial charge in [-0.1, -0.05) is 233 Å². The number of carbonyl (C=O) groups excluding carboxylic acids is 15. The smallest absolute Gasteiger partial charge is 0.330 e. The SMILES string of the molecule is C#CC(=O)C(C)(C)C.C#CC(=O)NC(C)(C)C.CC(=O)/C=C/C(=O)C(C)(C)C.CC(C)(C)C(=O)/C=C/CN.CC(C)(C)C(=O)C#CCO.CC(C)(C)C(=O)C1CO1.CC(C)(C)NC(=O)C1CC1.CCC(=O)C(C)(C)C.CCC(=O)C(C)(C)C.CCC(=O)NC(C)(C)C.CCC(=O)NC(C)(C)C.CCOC(=O)/C=C/C(=O)C(C)(C)C.CN(C)C/C=C/C(=O)C(C)(C)C. The van der Waals surface area contributed by atoms with E-state index in [0.717, 1.165) is 25.5 Å². The fourth-order valence-corrected chi connectivity index (χ4v) is 6.55. The molecule has 7 N–H and O–H groups in total. The van der Waals surface area contributed by atoms with Crippen molar-refractivity contribution >= 4 is 87.4 Å². The van der Waals surface area contributed by atoms with Crippen LogP contribution in [0.2, 0.25) is 0 Å². The molecule has 24 nitrogen and oxygen atoms in total. The number of aliphatic hydroxyl groups is 1. The first kappa shape index (κ1) is 141. The maximum Gasteiger partial charge on any atom is 0.330 e. The summed E-state index contributed by atoms with van der Waals surface area (Å²) in [5.41, 5.74) is 2.15. The lowest BCUT2D eigenvalue weighted by Gasteiger charge is -2.20. The molecule has 24 heteroatoms. The molecule has 1 aliphatic heterocycles. The number of carbonyl (C=O) groups is 15. The Morgan fingerprint density at radius 2 is 0.738 bits per heavy atom. The molecule has 1 atom stereocenters. The number of amides is 4. The summed E-state index contributed by atoms with van der Waals surface area (Å²) < 4.78 is 9.47. The molecule has 2 fully saturated rings. The van der Waals surface area contributed by atoms with Crippen LogP contribution in [0.25, 0.3) is 0 Å². The van der Waals surface area contributed by atoms with E-state index in [1.54, 1.807) is 87.5 Å². The lowest BCUT2D eigenvalue weighted by molar-refractivity contribution is -0.137. The molecule has 1 saturated carbocycles. The normalized spacial score (nSPS) is 13.0. The van der Waals surface area contributed by atoms with Crippen LogP contribution in [0.3, 0.4) is 0 Å². The van der Waals surface area contributed by atoms with Crippen LogP contribution in [0.5, 0.6) is 0 Å². The van der Waals surface area contributed by atoms with Crippen molar-refractivity contribution in [2.45, 2.75) is 378 Å². The zero-order chi connectivity index (χ0) is 103. The molecule has 0 aromatic carbocycles. The van der Waals surface area contributed by atoms with Crippen LogP contribution in [-0.4, -0.2) is 173 Å². The highest BCUT2D eigenvalue weighted by Crippen LogP contribution is 2.30. The summed E-state index contributed by atoms with van der Waals surface area (Å²) in [7, 11) is 3.96. The maximum absolute atomic E-state index is 11.3. The molecule has 2 aliphatic rings. The Bertz CT molecular complexity index is 3510. The van der Waals surface area contributed by atoms with E-state index in [-0.39, 0.29) is 143 Å². The lowest BCUT2D eigenvalue weighted by atomic mass is 9.89. The third kappa shape index (κ3) is 108. The van der Waals surface area contributed by atoms with Crippen LogP contribution in [0.1, 0.15) is 350 Å². The van der Waals surface area contributed by atoms with Crippen molar-refractivity contribution in [2.24, 2.45) is 60.4 Å². The number of nitrogens with zero attached hydrogens (tertiary/aromatic N) is 1. The minimum Gasteiger partial charge on any atom is -0.463 e. The first-order chi connectivity index (χ1) is 55.8. The number of ether oxygens (including phenoxy) is 2. The highest BCUT2D eigenvalue weighted by atomic mass is 16.6. The molecule has 126 heavy (non-hydrogen) atoms. The number of Topliss-reactive ketones (excluding diaryl/α,β-unsaturated/α-hetero) is 5. The van der Waals surface area contributed by atoms with Gasteiger partial charge in [-0.3, -0.25) is 67.1 Å². The summed E-state index contributed by atoms with van der Waals surface area (Å²) in [6.07, 6.45) is 26.1. The number of aliphatic hydroxyl groups excluding tert-OH is 1. The Hall–Kier alpha value is -8.47. The molecule has 0 bridgehead atoms. The number of esters is 1. The van der Waals surface area contributed by atoms with Gasteiger partial charge in [-0.2, -0.15) is 0 Å². The number of terminal acetylenes is 2. The number of rotatable bonds is 16. The highest BCUT2D eigenvalue weighted by Gasteiger charge is 2.38. The van der Waals surface area contributed by atoms with E-state index in [0.29, 0.717) is 62.9 Å². The zero-order valence-electron chi connectivity index (χ0n) is 88.1. The van der Waals surface area contributed by atoms with Gasteiger partial charge in [0.1, 0.15) is 24.3 Å². The standard InChI is InChI=1S/C10H19NO.C10H16O3.C9H14O2.2C8H15NO.C8H12O2.2C7H15NO.C7H11NO.C7H12O2.2C7H14O.C7H10O/c1-10(2,3)9(12)7-6-8-11(4)5;1-5-13-9(12)7-6-8(11)10(2,3)4;1-7(10)5-6-8(11)9(2,3)4;1-8(2,3)9-7(10)6-4-5-6;2*1-8(2,3)7(10)5-4-6-9;3*1-5-6(9)8-7(2,3)4;1-7(2,3)6(8)5-4-9-5;3*1-5-6(8)7(2,3)4/h6-7H,8H2,1-5H3;6-7H,5H2,1-4H3;5-6H,1-4H3;6H,4-5H2,1-3H3,(H,9,10);4-5H,6,9H2,1-3H3;9H,6H2,1-3H3;2*5H2,1-4H3,(H,8,9);1H,2-4H3,(H,8,9);5H,4H2,1-3H3;2*5H2,1-4H3;1H,2-4H3/b2*7-6+;6-5+;;5-4+;;;;;;;;. The summed E-state index contributed by atoms with van der Waals surface area (Å²) in [6.45, 7) is 86.6. The summed E-state index contributed by atoms with van der Waals surface area (Å²) in [5, 5.41) is 19.5. The van der Waals surface area contributed by atoms with Crippen LogP contribution >= 0.6 is 0 Å². The molecule has 1 aliphatic carbocycles. The summed E-state index contributed by atoms with van der Waals surface area (Å²) >= 11 is 0. The second-order valence-corrected chi connectivity index (χ2v) is 43.2. The van der Waals surface area contributed by atoms with E-state index in [1.807, 2.05) is 266 Å². The molecule has 1 unspecified atom stereocenters. The Morgan fingerprint density at radius 1 is 0.421 bits per heavy atom. The number of nitrogens with one attached hydrogen (secondary N) is 4. The Balaban J connectivity index is -0.000000127. The number of hydrogen-bond acceptors (Lipinski definition) is 20. The third-order valence-electron chi connectivity index (χ3n) is 14.4. The Morgan fingerprint density at radius 3 is 0.913 bits per heavy atom. The number of ketones is 10. The molecule has 0 aromatic rings. The van der Waals surface area contributed by atoms with Gasteiger partial charge in [0.05, 0.1) is 13.2 Å². The molecule has 4 amide bonds. The number of allylic oxidation sites excluding steroid dienone is 5.